The molecule has 0 atom stereocenters. The minimum absolute atomic E-state index is 0.0215. The van der Waals surface area contributed by atoms with E-state index in [1.807, 2.05) is 0 Å². The van der Waals surface area contributed by atoms with Crippen LogP contribution in [0, 0.1) is 10.1 Å². The number of carbonyl (C=O) groups is 1. The second kappa shape index (κ2) is 9.47. The van der Waals surface area contributed by atoms with Crippen molar-refractivity contribution in [2.24, 2.45) is 0 Å². The van der Waals surface area contributed by atoms with Gasteiger partial charge in [0, 0.05) is 23.4 Å². The highest BCUT2D eigenvalue weighted by molar-refractivity contribution is 7.80. The molecule has 0 saturated carbocycles. The summed E-state index contributed by atoms with van der Waals surface area (Å²) in [5, 5.41) is 16.1. The number of hydrogen-bond acceptors (Lipinski definition) is 5. The van der Waals surface area contributed by atoms with Gasteiger partial charge < -0.3 is 10.1 Å². The van der Waals surface area contributed by atoms with Crippen LogP contribution < -0.4 is 15.4 Å². The Labute approximate surface area is 156 Å². The molecule has 7 nitrogen and oxygen atoms in total. The van der Waals surface area contributed by atoms with Crippen molar-refractivity contribution in [2.75, 3.05) is 11.9 Å². The third-order valence-electron chi connectivity index (χ3n) is 3.45. The van der Waals surface area contributed by atoms with Crippen LogP contribution >= 0.6 is 12.2 Å². The minimum atomic E-state index is -0.487. The van der Waals surface area contributed by atoms with Gasteiger partial charge in [-0.3, -0.25) is 20.2 Å². The second-order valence-corrected chi connectivity index (χ2v) is 5.85. The molecule has 0 saturated heterocycles. The maximum Gasteiger partial charge on any atom is 0.269 e. The van der Waals surface area contributed by atoms with Gasteiger partial charge in [0.15, 0.2) is 5.11 Å². The Morgan fingerprint density at radius 3 is 2.38 bits per heavy atom. The van der Waals surface area contributed by atoms with Gasteiger partial charge >= 0.3 is 0 Å². The predicted octanol–water partition coefficient (Wildman–Crippen LogP) is 3.90. The van der Waals surface area contributed by atoms with Crippen LogP contribution in [0.4, 0.5) is 11.4 Å². The molecule has 2 aromatic rings. The fraction of sp³-hybridized carbons (Fsp3) is 0.222. The molecule has 0 aliphatic carbocycles. The summed E-state index contributed by atoms with van der Waals surface area (Å²) in [6.45, 7) is 2.73. The number of hydrogen-bond donors (Lipinski definition) is 2. The number of unbranched alkanes of at least 4 members (excludes halogenated alkanes) is 1. The van der Waals surface area contributed by atoms with E-state index >= 15 is 0 Å². The summed E-state index contributed by atoms with van der Waals surface area (Å²) in [5.41, 5.74) is 0.966. The molecule has 0 heterocycles. The molecule has 1 amide bonds. The highest BCUT2D eigenvalue weighted by Gasteiger charge is 2.09. The number of nitro groups is 1. The zero-order chi connectivity index (χ0) is 18.9. The highest BCUT2D eigenvalue weighted by atomic mass is 32.1. The molecule has 2 aromatic carbocycles. The molecule has 2 rings (SSSR count). The van der Waals surface area contributed by atoms with E-state index in [1.54, 1.807) is 24.3 Å². The molecular formula is C18H19N3O4S. The zero-order valence-electron chi connectivity index (χ0n) is 14.2. The number of rotatable bonds is 7. The lowest BCUT2D eigenvalue weighted by atomic mass is 10.2. The first-order valence-corrected chi connectivity index (χ1v) is 8.50. The monoisotopic (exact) mass is 373 g/mol. The van der Waals surface area contributed by atoms with Crippen LogP contribution in [0.3, 0.4) is 0 Å². The van der Waals surface area contributed by atoms with Crippen molar-refractivity contribution in [2.45, 2.75) is 19.8 Å². The molecule has 8 heteroatoms. The molecule has 0 spiro atoms. The number of carbonyl (C=O) groups excluding carboxylic acids is 1. The van der Waals surface area contributed by atoms with Gasteiger partial charge in [-0.05, 0) is 55.0 Å². The van der Waals surface area contributed by atoms with Crippen LogP contribution in [0.25, 0.3) is 0 Å². The molecule has 2 N–H and O–H groups in total. The number of nitro benzene ring substituents is 1. The third kappa shape index (κ3) is 5.82. The second-order valence-electron chi connectivity index (χ2n) is 5.44. The standard InChI is InChI=1S/C18H19N3O4S/c1-2-3-12-25-16-10-4-13(5-11-16)17(22)20-18(26)19-14-6-8-15(9-7-14)21(23)24/h4-11H,2-3,12H2,1H3,(H2,19,20,22,26). The maximum absolute atomic E-state index is 12.2. The first-order chi connectivity index (χ1) is 12.5. The van der Waals surface area contributed by atoms with E-state index in [1.165, 1.54) is 24.3 Å². The lowest BCUT2D eigenvalue weighted by Gasteiger charge is -2.10. The highest BCUT2D eigenvalue weighted by Crippen LogP contribution is 2.16. The lowest BCUT2D eigenvalue weighted by Crippen LogP contribution is -2.34. The Bertz CT molecular complexity index is 776. The topological polar surface area (TPSA) is 93.5 Å². The number of non-ortho nitro benzene ring substituents is 1. The van der Waals surface area contributed by atoms with Gasteiger partial charge in [-0.25, -0.2) is 0 Å². The van der Waals surface area contributed by atoms with Crippen molar-refractivity contribution in [3.05, 3.63) is 64.2 Å². The average Bonchev–Trinajstić information content (AvgIpc) is 2.62. The fourth-order valence-corrected chi connectivity index (χ4v) is 2.25. The van der Waals surface area contributed by atoms with Crippen molar-refractivity contribution < 1.29 is 14.5 Å². The number of anilines is 1. The summed E-state index contributed by atoms with van der Waals surface area (Å²) >= 11 is 5.09. The van der Waals surface area contributed by atoms with E-state index in [-0.39, 0.29) is 16.7 Å². The summed E-state index contributed by atoms with van der Waals surface area (Å²) in [5.74, 6) is 0.353. The summed E-state index contributed by atoms with van der Waals surface area (Å²) in [6, 6.07) is 12.5. The summed E-state index contributed by atoms with van der Waals surface area (Å²) < 4.78 is 5.55. The SMILES string of the molecule is CCCCOc1ccc(C(=O)NC(=S)Nc2ccc([N+](=O)[O-])cc2)cc1. The van der Waals surface area contributed by atoms with Gasteiger partial charge in [0.1, 0.15) is 5.75 Å². The Morgan fingerprint density at radius 1 is 1.15 bits per heavy atom. The molecule has 136 valence electrons. The van der Waals surface area contributed by atoms with Gasteiger partial charge in [-0.2, -0.15) is 0 Å². The van der Waals surface area contributed by atoms with Crippen LogP contribution in [-0.2, 0) is 0 Å². The molecule has 26 heavy (non-hydrogen) atoms. The molecule has 0 bridgehead atoms. The van der Waals surface area contributed by atoms with Gasteiger partial charge in [-0.1, -0.05) is 13.3 Å². The zero-order valence-corrected chi connectivity index (χ0v) is 15.0. The minimum Gasteiger partial charge on any atom is -0.494 e. The normalized spacial score (nSPS) is 10.0. The number of amides is 1. The van der Waals surface area contributed by atoms with E-state index in [2.05, 4.69) is 17.6 Å². The number of nitrogens with one attached hydrogen (secondary N) is 2. The Morgan fingerprint density at radius 2 is 1.81 bits per heavy atom. The van der Waals surface area contributed by atoms with Crippen molar-refractivity contribution >= 4 is 34.6 Å². The third-order valence-corrected chi connectivity index (χ3v) is 3.65. The number of ether oxygens (including phenoxy) is 1. The number of benzene rings is 2. The first kappa shape index (κ1) is 19.3. The molecule has 0 radical (unpaired) electrons. The summed E-state index contributed by atoms with van der Waals surface area (Å²) in [7, 11) is 0. The molecule has 0 aromatic heterocycles. The van der Waals surface area contributed by atoms with Crippen LogP contribution in [-0.4, -0.2) is 22.5 Å². The Hall–Kier alpha value is -3.00. The lowest BCUT2D eigenvalue weighted by molar-refractivity contribution is -0.384. The van der Waals surface area contributed by atoms with Crippen LogP contribution in [0.5, 0.6) is 5.75 Å². The van der Waals surface area contributed by atoms with Crippen LogP contribution in [0.1, 0.15) is 30.1 Å². The van der Waals surface area contributed by atoms with Crippen molar-refractivity contribution in [3.63, 3.8) is 0 Å². The van der Waals surface area contributed by atoms with Crippen molar-refractivity contribution in [3.8, 4) is 5.75 Å². The molecule has 0 fully saturated rings. The number of nitrogens with zero attached hydrogens (tertiary/aromatic N) is 1. The van der Waals surface area contributed by atoms with E-state index in [9.17, 15) is 14.9 Å². The van der Waals surface area contributed by atoms with E-state index in [0.717, 1.165) is 12.8 Å². The molecular weight excluding hydrogens is 354 g/mol. The van der Waals surface area contributed by atoms with E-state index in [0.29, 0.717) is 23.6 Å². The van der Waals surface area contributed by atoms with Gasteiger partial charge in [0.2, 0.25) is 0 Å². The van der Waals surface area contributed by atoms with Gasteiger partial charge in [0.25, 0.3) is 11.6 Å². The number of thiocarbonyl (C=S) groups is 1. The Kier molecular flexibility index (Phi) is 7.04. The van der Waals surface area contributed by atoms with Crippen molar-refractivity contribution in [1.29, 1.82) is 0 Å². The molecule has 0 aliphatic rings. The largest absolute Gasteiger partial charge is 0.494 e. The Balaban J connectivity index is 1.88. The van der Waals surface area contributed by atoms with Crippen LogP contribution in [0.2, 0.25) is 0 Å². The summed E-state index contributed by atoms with van der Waals surface area (Å²) in [6.07, 6.45) is 2.03. The van der Waals surface area contributed by atoms with E-state index in [4.69, 9.17) is 17.0 Å². The quantitative estimate of drug-likeness (QED) is 0.331. The van der Waals surface area contributed by atoms with Crippen LogP contribution in [0.15, 0.2) is 48.5 Å². The van der Waals surface area contributed by atoms with Crippen molar-refractivity contribution in [1.82, 2.24) is 5.32 Å². The average molecular weight is 373 g/mol. The smallest absolute Gasteiger partial charge is 0.269 e. The van der Waals surface area contributed by atoms with E-state index < -0.39 is 4.92 Å². The maximum atomic E-state index is 12.2. The first-order valence-electron chi connectivity index (χ1n) is 8.09. The predicted molar refractivity (Wildman–Crippen MR) is 104 cm³/mol. The van der Waals surface area contributed by atoms with Gasteiger partial charge in [0.05, 0.1) is 11.5 Å². The fourth-order valence-electron chi connectivity index (χ4n) is 2.04. The summed E-state index contributed by atoms with van der Waals surface area (Å²) in [4.78, 5) is 22.3. The van der Waals surface area contributed by atoms with Gasteiger partial charge in [-0.15, -0.1) is 0 Å². The molecule has 0 unspecified atom stereocenters. The molecule has 0 aliphatic heterocycles.